The van der Waals surface area contributed by atoms with Gasteiger partial charge in [0, 0.05) is 24.3 Å². The third kappa shape index (κ3) is 4.06. The number of carbonyl (C=O) groups is 2. The molecule has 0 atom stereocenters. The van der Waals surface area contributed by atoms with E-state index in [-0.39, 0.29) is 18.1 Å². The molecule has 4 N–H and O–H groups in total. The van der Waals surface area contributed by atoms with Crippen LogP contribution in [0.5, 0.6) is 0 Å². The normalized spacial score (nSPS) is 13.6. The zero-order valence-corrected chi connectivity index (χ0v) is 13.7. The van der Waals surface area contributed by atoms with Crippen molar-refractivity contribution < 1.29 is 9.59 Å². The number of hydrogen-bond donors (Lipinski definition) is 3. The van der Waals surface area contributed by atoms with E-state index in [1.807, 2.05) is 0 Å². The number of nitrogens with zero attached hydrogens (tertiary/aromatic N) is 3. The van der Waals surface area contributed by atoms with Gasteiger partial charge in [-0.15, -0.1) is 0 Å². The Balaban J connectivity index is 1.69. The highest BCUT2D eigenvalue weighted by atomic mass is 16.2. The molecule has 3 rings (SSSR count). The maximum atomic E-state index is 12.4. The Morgan fingerprint density at radius 1 is 1.16 bits per heavy atom. The molecular weight excluding hydrogens is 324 g/mol. The van der Waals surface area contributed by atoms with Crippen molar-refractivity contribution in [1.29, 1.82) is 0 Å². The van der Waals surface area contributed by atoms with Crippen molar-refractivity contribution in [2.24, 2.45) is 5.73 Å². The van der Waals surface area contributed by atoms with E-state index in [1.54, 1.807) is 28.8 Å². The lowest BCUT2D eigenvalue weighted by atomic mass is 10.2. The van der Waals surface area contributed by atoms with Crippen molar-refractivity contribution in [3.63, 3.8) is 0 Å². The van der Waals surface area contributed by atoms with Gasteiger partial charge in [-0.3, -0.25) is 9.36 Å². The largest absolute Gasteiger partial charge is 0.351 e. The second-order valence-corrected chi connectivity index (χ2v) is 5.94. The van der Waals surface area contributed by atoms with Gasteiger partial charge < -0.3 is 16.4 Å². The molecular formula is C16H20N6O3. The van der Waals surface area contributed by atoms with Crippen molar-refractivity contribution in [2.45, 2.75) is 38.8 Å². The fourth-order valence-corrected chi connectivity index (χ4v) is 2.88. The van der Waals surface area contributed by atoms with Crippen LogP contribution in [0.2, 0.25) is 0 Å². The van der Waals surface area contributed by atoms with E-state index in [4.69, 9.17) is 5.73 Å². The number of aromatic nitrogens is 3. The monoisotopic (exact) mass is 344 g/mol. The highest BCUT2D eigenvalue weighted by molar-refractivity contribution is 5.92. The number of nitrogens with two attached hydrogens (primary N) is 1. The van der Waals surface area contributed by atoms with E-state index < -0.39 is 6.03 Å². The number of amides is 3. The molecule has 2 aromatic rings. The lowest BCUT2D eigenvalue weighted by Gasteiger charge is -2.07. The summed E-state index contributed by atoms with van der Waals surface area (Å²) in [5, 5.41) is 9.40. The summed E-state index contributed by atoms with van der Waals surface area (Å²) in [7, 11) is 0. The van der Waals surface area contributed by atoms with Gasteiger partial charge in [0.2, 0.25) is 5.91 Å². The van der Waals surface area contributed by atoms with E-state index in [1.165, 1.54) is 4.68 Å². The third-order valence-corrected chi connectivity index (χ3v) is 3.99. The summed E-state index contributed by atoms with van der Waals surface area (Å²) >= 11 is 0. The molecule has 0 aliphatic carbocycles. The van der Waals surface area contributed by atoms with Gasteiger partial charge in [-0.05, 0) is 31.0 Å². The van der Waals surface area contributed by atoms with Crippen LogP contribution in [0.15, 0.2) is 29.1 Å². The standard InChI is InChI=1S/C16H20N6O3/c17-15(24)19-12-6-4-5-11(9-12)18-14(23)10-22-16(25)21-8-3-1-2-7-13(21)20-22/h4-6,9H,1-3,7-8,10H2,(H,18,23)(H3,17,19,24). The molecule has 9 nitrogen and oxygen atoms in total. The summed E-state index contributed by atoms with van der Waals surface area (Å²) < 4.78 is 2.85. The van der Waals surface area contributed by atoms with Crippen molar-refractivity contribution >= 4 is 23.3 Å². The zero-order chi connectivity index (χ0) is 17.8. The fraction of sp³-hybridized carbons (Fsp3) is 0.375. The van der Waals surface area contributed by atoms with E-state index >= 15 is 0 Å². The summed E-state index contributed by atoms with van der Waals surface area (Å²) in [6.07, 6.45) is 3.79. The van der Waals surface area contributed by atoms with Gasteiger partial charge in [-0.2, -0.15) is 5.10 Å². The first kappa shape index (κ1) is 16.7. The summed E-state index contributed by atoms with van der Waals surface area (Å²) in [6, 6.07) is 5.89. The first-order valence-electron chi connectivity index (χ1n) is 8.16. The Kier molecular flexibility index (Phi) is 4.82. The lowest BCUT2D eigenvalue weighted by molar-refractivity contribution is -0.117. The summed E-state index contributed by atoms with van der Waals surface area (Å²) in [6.45, 7) is 0.489. The molecule has 1 aliphatic heterocycles. The fourth-order valence-electron chi connectivity index (χ4n) is 2.88. The predicted molar refractivity (Wildman–Crippen MR) is 92.3 cm³/mol. The zero-order valence-electron chi connectivity index (χ0n) is 13.7. The minimum atomic E-state index is -0.686. The minimum Gasteiger partial charge on any atom is -0.351 e. The van der Waals surface area contributed by atoms with Crippen molar-refractivity contribution in [3.8, 4) is 0 Å². The van der Waals surface area contributed by atoms with Crippen LogP contribution in [0.25, 0.3) is 0 Å². The Morgan fingerprint density at radius 3 is 2.68 bits per heavy atom. The Morgan fingerprint density at radius 2 is 1.92 bits per heavy atom. The van der Waals surface area contributed by atoms with Gasteiger partial charge in [0.25, 0.3) is 0 Å². The molecule has 0 bridgehead atoms. The number of hydrogen-bond acceptors (Lipinski definition) is 4. The highest BCUT2D eigenvalue weighted by Gasteiger charge is 2.17. The van der Waals surface area contributed by atoms with Gasteiger partial charge in [-0.25, -0.2) is 14.3 Å². The molecule has 0 fully saturated rings. The van der Waals surface area contributed by atoms with E-state index in [9.17, 15) is 14.4 Å². The second-order valence-electron chi connectivity index (χ2n) is 5.94. The molecule has 3 amide bonds. The van der Waals surface area contributed by atoms with Gasteiger partial charge in [-0.1, -0.05) is 12.5 Å². The first-order valence-corrected chi connectivity index (χ1v) is 8.16. The average molecular weight is 344 g/mol. The molecule has 0 unspecified atom stereocenters. The number of urea groups is 1. The number of benzene rings is 1. The van der Waals surface area contributed by atoms with Gasteiger partial charge in [0.1, 0.15) is 12.4 Å². The molecule has 0 saturated heterocycles. The molecule has 1 aromatic carbocycles. The number of fused-ring (bicyclic) bond motifs is 1. The van der Waals surface area contributed by atoms with Crippen molar-refractivity contribution in [2.75, 3.05) is 10.6 Å². The Hall–Kier alpha value is -3.10. The quantitative estimate of drug-likeness (QED) is 0.762. The number of nitrogens with one attached hydrogen (secondary N) is 2. The Labute approximate surface area is 143 Å². The molecule has 2 heterocycles. The lowest BCUT2D eigenvalue weighted by Crippen LogP contribution is -2.30. The van der Waals surface area contributed by atoms with Gasteiger partial charge in [0.05, 0.1) is 0 Å². The molecule has 1 aliphatic rings. The molecule has 1 aromatic heterocycles. The summed E-state index contributed by atoms with van der Waals surface area (Å²) in [5.41, 5.74) is 5.77. The Bertz CT molecular complexity index is 854. The summed E-state index contributed by atoms with van der Waals surface area (Å²) in [5.74, 6) is 0.370. The maximum Gasteiger partial charge on any atom is 0.346 e. The van der Waals surface area contributed by atoms with E-state index in [2.05, 4.69) is 15.7 Å². The smallest absolute Gasteiger partial charge is 0.346 e. The number of carbonyl (C=O) groups excluding carboxylic acids is 2. The molecule has 132 valence electrons. The van der Waals surface area contributed by atoms with Gasteiger partial charge >= 0.3 is 11.7 Å². The van der Waals surface area contributed by atoms with E-state index in [0.29, 0.717) is 17.9 Å². The van der Waals surface area contributed by atoms with Crippen LogP contribution in [0.3, 0.4) is 0 Å². The SMILES string of the molecule is NC(=O)Nc1cccc(NC(=O)Cn2nc3n(c2=O)CCCCC3)c1. The second kappa shape index (κ2) is 7.20. The molecule has 0 spiro atoms. The van der Waals surface area contributed by atoms with Crippen LogP contribution in [-0.2, 0) is 24.3 Å². The third-order valence-electron chi connectivity index (χ3n) is 3.99. The number of primary amides is 1. The van der Waals surface area contributed by atoms with Crippen LogP contribution < -0.4 is 22.1 Å². The molecule has 0 saturated carbocycles. The van der Waals surface area contributed by atoms with Crippen LogP contribution in [0.4, 0.5) is 16.2 Å². The van der Waals surface area contributed by atoms with Crippen molar-refractivity contribution in [1.82, 2.24) is 14.3 Å². The number of anilines is 2. The number of rotatable bonds is 4. The first-order chi connectivity index (χ1) is 12.0. The van der Waals surface area contributed by atoms with Crippen LogP contribution >= 0.6 is 0 Å². The molecule has 25 heavy (non-hydrogen) atoms. The van der Waals surface area contributed by atoms with E-state index in [0.717, 1.165) is 31.5 Å². The minimum absolute atomic E-state index is 0.160. The topological polar surface area (TPSA) is 124 Å². The average Bonchev–Trinajstić information content (AvgIpc) is 2.73. The van der Waals surface area contributed by atoms with Crippen LogP contribution in [0.1, 0.15) is 25.1 Å². The highest BCUT2D eigenvalue weighted by Crippen LogP contribution is 2.15. The molecule has 9 heteroatoms. The molecule has 0 radical (unpaired) electrons. The van der Waals surface area contributed by atoms with Crippen LogP contribution in [0, 0.1) is 0 Å². The maximum absolute atomic E-state index is 12.4. The van der Waals surface area contributed by atoms with Crippen molar-refractivity contribution in [3.05, 3.63) is 40.6 Å². The summed E-state index contributed by atoms with van der Waals surface area (Å²) in [4.78, 5) is 35.4. The van der Waals surface area contributed by atoms with Gasteiger partial charge in [0.15, 0.2) is 0 Å². The van der Waals surface area contributed by atoms with Crippen LogP contribution in [-0.4, -0.2) is 26.3 Å². The number of aryl methyl sites for hydroxylation is 1. The predicted octanol–water partition coefficient (Wildman–Crippen LogP) is 0.900.